The molecule has 1 unspecified atom stereocenters. The molecule has 1 heterocycles. The maximum absolute atomic E-state index is 10.5. The maximum Gasteiger partial charge on any atom is 0.125 e. The third kappa shape index (κ3) is 2.72. The van der Waals surface area contributed by atoms with Crippen LogP contribution in [0.5, 0.6) is 5.75 Å². The number of pyridine rings is 1. The highest BCUT2D eigenvalue weighted by molar-refractivity contribution is 9.10. The Morgan fingerprint density at radius 2 is 1.89 bits per heavy atom. The molecule has 2 nitrogen and oxygen atoms in total. The van der Waals surface area contributed by atoms with Crippen LogP contribution in [-0.4, -0.2) is 10.1 Å². The quantitative estimate of drug-likeness (QED) is 0.351. The van der Waals surface area contributed by atoms with E-state index >= 15 is 0 Å². The van der Waals surface area contributed by atoms with Crippen molar-refractivity contribution in [3.05, 3.63) is 70.2 Å². The van der Waals surface area contributed by atoms with Crippen molar-refractivity contribution in [2.75, 3.05) is 0 Å². The standard InChI is InChI=1S/C24H20BrNO/c1-14-6-9-18-19(12-14)23-17-5-3-2-4-15(17)7-10-21(23)26-24(18)20-13-16(25)8-11-22(20)27/h2-5,7-8,10-11,13-14,27H,6,9,12H2,1H3. The molecule has 27 heavy (non-hydrogen) atoms. The topological polar surface area (TPSA) is 33.1 Å². The van der Waals surface area contributed by atoms with E-state index in [0.717, 1.165) is 40.5 Å². The van der Waals surface area contributed by atoms with Gasteiger partial charge in [0, 0.05) is 15.4 Å². The number of hydrogen-bond donors (Lipinski definition) is 1. The van der Waals surface area contributed by atoms with Gasteiger partial charge in [-0.15, -0.1) is 0 Å². The molecule has 0 bridgehead atoms. The summed E-state index contributed by atoms with van der Waals surface area (Å²) in [4.78, 5) is 5.06. The Morgan fingerprint density at radius 1 is 1.04 bits per heavy atom. The Hall–Kier alpha value is -2.39. The molecule has 1 aromatic heterocycles. The van der Waals surface area contributed by atoms with Crippen LogP contribution < -0.4 is 0 Å². The largest absolute Gasteiger partial charge is 0.507 e. The Kier molecular flexibility index (Phi) is 3.94. The third-order valence-electron chi connectivity index (χ3n) is 5.74. The number of phenols is 1. The second-order valence-electron chi connectivity index (χ2n) is 7.61. The highest BCUT2D eigenvalue weighted by Crippen LogP contribution is 2.42. The predicted octanol–water partition coefficient (Wildman–Crippen LogP) is 6.65. The number of benzene rings is 3. The van der Waals surface area contributed by atoms with Gasteiger partial charge in [-0.1, -0.05) is 53.2 Å². The monoisotopic (exact) mass is 417 g/mol. The number of fused-ring (bicyclic) bond motifs is 5. The lowest BCUT2D eigenvalue weighted by molar-refractivity contribution is 0.476. The summed E-state index contributed by atoms with van der Waals surface area (Å²) in [6.07, 6.45) is 3.22. The maximum atomic E-state index is 10.5. The molecular weight excluding hydrogens is 398 g/mol. The van der Waals surface area contributed by atoms with E-state index in [2.05, 4.69) is 59.3 Å². The number of halogens is 1. The number of rotatable bonds is 1. The second kappa shape index (κ2) is 6.35. The van der Waals surface area contributed by atoms with Gasteiger partial charge < -0.3 is 5.11 Å². The predicted molar refractivity (Wildman–Crippen MR) is 115 cm³/mol. The fourth-order valence-corrected chi connectivity index (χ4v) is 4.77. The van der Waals surface area contributed by atoms with Crippen molar-refractivity contribution in [2.24, 2.45) is 5.92 Å². The first kappa shape index (κ1) is 16.8. The molecule has 134 valence electrons. The molecule has 0 saturated carbocycles. The molecule has 3 aromatic carbocycles. The molecule has 1 aliphatic carbocycles. The molecule has 0 radical (unpaired) electrons. The first-order valence-electron chi connectivity index (χ1n) is 9.44. The minimum Gasteiger partial charge on any atom is -0.507 e. The van der Waals surface area contributed by atoms with Crippen LogP contribution in [0.15, 0.2) is 59.1 Å². The molecule has 0 fully saturated rings. The number of phenolic OH excluding ortho intramolecular Hbond substituents is 1. The Morgan fingerprint density at radius 3 is 2.78 bits per heavy atom. The van der Waals surface area contributed by atoms with Crippen molar-refractivity contribution in [3.8, 4) is 17.0 Å². The van der Waals surface area contributed by atoms with E-state index in [4.69, 9.17) is 4.98 Å². The van der Waals surface area contributed by atoms with Crippen molar-refractivity contribution >= 4 is 37.6 Å². The van der Waals surface area contributed by atoms with Crippen LogP contribution in [0, 0.1) is 5.92 Å². The second-order valence-corrected chi connectivity index (χ2v) is 8.52. The smallest absolute Gasteiger partial charge is 0.125 e. The number of hydrogen-bond acceptors (Lipinski definition) is 2. The SMILES string of the molecule is CC1CCc2c(-c3cc(Br)ccc3O)nc3ccc4ccccc4c3c2C1. The molecule has 4 aromatic rings. The van der Waals surface area contributed by atoms with Crippen molar-refractivity contribution < 1.29 is 5.11 Å². The van der Waals surface area contributed by atoms with E-state index in [-0.39, 0.29) is 5.75 Å². The van der Waals surface area contributed by atoms with E-state index in [1.165, 1.54) is 27.3 Å². The van der Waals surface area contributed by atoms with Crippen LogP contribution in [0.4, 0.5) is 0 Å². The summed E-state index contributed by atoms with van der Waals surface area (Å²) < 4.78 is 0.952. The summed E-state index contributed by atoms with van der Waals surface area (Å²) in [5, 5.41) is 14.3. The van der Waals surface area contributed by atoms with E-state index < -0.39 is 0 Å². The van der Waals surface area contributed by atoms with Crippen molar-refractivity contribution in [2.45, 2.75) is 26.2 Å². The van der Waals surface area contributed by atoms with Gasteiger partial charge in [-0.05, 0) is 71.3 Å². The zero-order chi connectivity index (χ0) is 18.5. The number of nitrogens with zero attached hydrogens (tertiary/aromatic N) is 1. The lowest BCUT2D eigenvalue weighted by Crippen LogP contribution is -2.14. The molecular formula is C24H20BrNO. The van der Waals surface area contributed by atoms with Gasteiger partial charge in [-0.2, -0.15) is 0 Å². The summed E-state index contributed by atoms with van der Waals surface area (Å²) >= 11 is 3.54. The van der Waals surface area contributed by atoms with Crippen molar-refractivity contribution in [1.82, 2.24) is 4.98 Å². The highest BCUT2D eigenvalue weighted by atomic mass is 79.9. The summed E-state index contributed by atoms with van der Waals surface area (Å²) in [6.45, 7) is 2.33. The van der Waals surface area contributed by atoms with E-state index in [0.29, 0.717) is 5.92 Å². The zero-order valence-corrected chi connectivity index (χ0v) is 16.8. The fourth-order valence-electron chi connectivity index (χ4n) is 4.41. The first-order chi connectivity index (χ1) is 13.1. The molecule has 3 heteroatoms. The van der Waals surface area contributed by atoms with Gasteiger partial charge in [0.15, 0.2) is 0 Å². The lowest BCUT2D eigenvalue weighted by atomic mass is 9.80. The summed E-state index contributed by atoms with van der Waals surface area (Å²) in [5.74, 6) is 0.942. The van der Waals surface area contributed by atoms with Gasteiger partial charge in [-0.3, -0.25) is 0 Å². The van der Waals surface area contributed by atoms with E-state index in [1.54, 1.807) is 6.07 Å². The number of aromatic nitrogens is 1. The lowest BCUT2D eigenvalue weighted by Gasteiger charge is -2.26. The van der Waals surface area contributed by atoms with Gasteiger partial charge in [0.1, 0.15) is 5.75 Å². The molecule has 0 spiro atoms. The van der Waals surface area contributed by atoms with E-state index in [1.807, 2.05) is 12.1 Å². The van der Waals surface area contributed by atoms with Crippen LogP contribution in [-0.2, 0) is 12.8 Å². The van der Waals surface area contributed by atoms with Crippen LogP contribution in [0.1, 0.15) is 24.5 Å². The van der Waals surface area contributed by atoms with Gasteiger partial charge >= 0.3 is 0 Å². The van der Waals surface area contributed by atoms with Crippen molar-refractivity contribution in [3.63, 3.8) is 0 Å². The third-order valence-corrected chi connectivity index (χ3v) is 6.24. The van der Waals surface area contributed by atoms with Gasteiger partial charge in [0.2, 0.25) is 0 Å². The summed E-state index contributed by atoms with van der Waals surface area (Å²) in [5.41, 5.74) is 5.45. The van der Waals surface area contributed by atoms with Crippen LogP contribution in [0.2, 0.25) is 0 Å². The molecule has 1 N–H and O–H groups in total. The Balaban J connectivity index is 1.91. The first-order valence-corrected chi connectivity index (χ1v) is 10.2. The van der Waals surface area contributed by atoms with Crippen LogP contribution in [0.25, 0.3) is 32.9 Å². The molecule has 1 atom stereocenters. The normalized spacial score (nSPS) is 16.6. The van der Waals surface area contributed by atoms with Gasteiger partial charge in [0.05, 0.1) is 11.2 Å². The molecule has 5 rings (SSSR count). The van der Waals surface area contributed by atoms with E-state index in [9.17, 15) is 5.11 Å². The minimum atomic E-state index is 0.284. The zero-order valence-electron chi connectivity index (χ0n) is 15.2. The summed E-state index contributed by atoms with van der Waals surface area (Å²) in [7, 11) is 0. The molecule has 0 saturated heterocycles. The summed E-state index contributed by atoms with van der Waals surface area (Å²) in [6, 6.07) is 18.4. The van der Waals surface area contributed by atoms with Crippen LogP contribution >= 0.6 is 15.9 Å². The van der Waals surface area contributed by atoms with Gasteiger partial charge in [0.25, 0.3) is 0 Å². The van der Waals surface area contributed by atoms with Crippen molar-refractivity contribution in [1.29, 1.82) is 0 Å². The Labute approximate surface area is 167 Å². The fraction of sp³-hybridized carbons (Fsp3) is 0.208. The Bertz CT molecular complexity index is 1200. The van der Waals surface area contributed by atoms with Gasteiger partial charge in [-0.25, -0.2) is 4.98 Å². The minimum absolute atomic E-state index is 0.284. The number of aromatic hydroxyl groups is 1. The molecule has 0 amide bonds. The molecule has 0 aliphatic heterocycles. The highest BCUT2D eigenvalue weighted by Gasteiger charge is 2.24. The van der Waals surface area contributed by atoms with Crippen LogP contribution in [0.3, 0.4) is 0 Å². The average Bonchev–Trinajstić information content (AvgIpc) is 2.68. The average molecular weight is 418 g/mol. The molecule has 1 aliphatic rings.